The topological polar surface area (TPSA) is 142 Å². The van der Waals surface area contributed by atoms with E-state index >= 15 is 0 Å². The third-order valence-corrected chi connectivity index (χ3v) is 7.73. The van der Waals surface area contributed by atoms with Gasteiger partial charge in [0.15, 0.2) is 6.61 Å². The van der Waals surface area contributed by atoms with Crippen LogP contribution in [0.2, 0.25) is 0 Å². The summed E-state index contributed by atoms with van der Waals surface area (Å²) < 4.78 is 133. The lowest BCUT2D eigenvalue weighted by Crippen LogP contribution is -2.47. The SMILES string of the molecule is O=C1OC2C3CC(C2OS(=O)(=O)NS(=O)(=O)C(F)(F)F)C(C(=O)OCC(F)(F)F)C13. The molecule has 172 valence electrons. The van der Waals surface area contributed by atoms with E-state index in [1.807, 2.05) is 0 Å². The molecule has 0 aromatic carbocycles. The lowest BCUT2D eigenvalue weighted by molar-refractivity contribution is -0.192. The summed E-state index contributed by atoms with van der Waals surface area (Å²) in [6.45, 7) is -1.99. The van der Waals surface area contributed by atoms with Crippen LogP contribution in [0.3, 0.4) is 0 Å². The van der Waals surface area contributed by atoms with Crippen LogP contribution in [0.4, 0.5) is 26.3 Å². The van der Waals surface area contributed by atoms with Gasteiger partial charge in [-0.25, -0.2) is 12.6 Å². The molecule has 30 heavy (non-hydrogen) atoms. The van der Waals surface area contributed by atoms with Gasteiger partial charge in [0.05, 0.1) is 11.8 Å². The Hall–Kier alpha value is -1.66. The van der Waals surface area contributed by atoms with E-state index in [0.29, 0.717) is 4.13 Å². The van der Waals surface area contributed by atoms with Gasteiger partial charge in [-0.2, -0.15) is 34.8 Å². The van der Waals surface area contributed by atoms with Gasteiger partial charge in [0.1, 0.15) is 12.2 Å². The standard InChI is InChI=1S/C12H11F6NO9S2/c13-11(14,15)2-26-9(20)5-4-1-3-6(5)10(21)27-7(3)8(4)28-30(24,25)19-29(22,23)12(16,17)18/h3-8,19H,1-2H2. The van der Waals surface area contributed by atoms with Crippen LogP contribution >= 0.6 is 0 Å². The second-order valence-corrected chi connectivity index (χ2v) is 10.0. The monoisotopic (exact) mass is 491 g/mol. The Bertz CT molecular complexity index is 960. The maximum Gasteiger partial charge on any atom is 0.512 e. The second-order valence-electron chi connectivity index (χ2n) is 6.79. The first kappa shape index (κ1) is 23.0. The van der Waals surface area contributed by atoms with Crippen molar-refractivity contribution in [2.24, 2.45) is 23.7 Å². The van der Waals surface area contributed by atoms with Gasteiger partial charge >= 0.3 is 44.0 Å². The van der Waals surface area contributed by atoms with E-state index < -0.39 is 86.4 Å². The number of hydrogen-bond donors (Lipinski definition) is 1. The zero-order chi connectivity index (χ0) is 22.9. The summed E-state index contributed by atoms with van der Waals surface area (Å²) in [4.78, 5) is 24.1. The third kappa shape index (κ3) is 4.09. The summed E-state index contributed by atoms with van der Waals surface area (Å²) in [6.07, 6.45) is -8.17. The lowest BCUT2D eigenvalue weighted by atomic mass is 9.78. The first-order valence-electron chi connectivity index (χ1n) is 7.90. The van der Waals surface area contributed by atoms with Crippen LogP contribution in [0, 0.1) is 23.7 Å². The van der Waals surface area contributed by atoms with Crippen molar-refractivity contribution in [2.45, 2.75) is 30.3 Å². The number of fused-ring (bicyclic) bond motifs is 1. The van der Waals surface area contributed by atoms with Crippen molar-refractivity contribution in [3.63, 3.8) is 0 Å². The Morgan fingerprint density at radius 2 is 1.70 bits per heavy atom. The number of nitrogens with one attached hydrogen (secondary N) is 1. The summed E-state index contributed by atoms with van der Waals surface area (Å²) in [7, 11) is -12.0. The molecule has 3 aliphatic rings. The normalized spacial score (nSPS) is 33.6. The fourth-order valence-corrected chi connectivity index (χ4v) is 6.19. The van der Waals surface area contributed by atoms with Crippen molar-refractivity contribution in [3.05, 3.63) is 0 Å². The predicted octanol–water partition coefficient (Wildman–Crippen LogP) is -0.0314. The second kappa shape index (κ2) is 6.92. The summed E-state index contributed by atoms with van der Waals surface area (Å²) in [5.74, 6) is -7.53. The van der Waals surface area contributed by atoms with Crippen molar-refractivity contribution >= 4 is 32.3 Å². The fraction of sp³-hybridized carbons (Fsp3) is 0.833. The van der Waals surface area contributed by atoms with Crippen LogP contribution < -0.4 is 4.13 Å². The average molecular weight is 491 g/mol. The molecule has 0 amide bonds. The average Bonchev–Trinajstić information content (AvgIpc) is 3.13. The zero-order valence-corrected chi connectivity index (χ0v) is 15.8. The molecule has 18 heteroatoms. The molecule has 2 bridgehead atoms. The van der Waals surface area contributed by atoms with Crippen molar-refractivity contribution < 1.29 is 66.4 Å². The number of rotatable bonds is 6. The van der Waals surface area contributed by atoms with Crippen LogP contribution in [0.25, 0.3) is 0 Å². The third-order valence-electron chi connectivity index (χ3n) is 4.95. The largest absolute Gasteiger partial charge is 0.512 e. The first-order valence-corrected chi connectivity index (χ1v) is 10.8. The minimum absolute atomic E-state index is 0.140. The Morgan fingerprint density at radius 3 is 2.23 bits per heavy atom. The molecule has 0 radical (unpaired) electrons. The molecule has 1 N–H and O–H groups in total. The van der Waals surface area contributed by atoms with Crippen LogP contribution in [-0.2, 0) is 43.6 Å². The molecule has 3 rings (SSSR count). The molecule has 0 aromatic heterocycles. The Balaban J connectivity index is 1.80. The van der Waals surface area contributed by atoms with Crippen LogP contribution in [-0.4, -0.2) is 59.3 Å². The molecule has 6 unspecified atom stereocenters. The number of carbonyl (C=O) groups is 2. The molecular formula is C12H11F6NO9S2. The van der Waals surface area contributed by atoms with Gasteiger partial charge in [-0.1, -0.05) is 4.13 Å². The molecule has 10 nitrogen and oxygen atoms in total. The van der Waals surface area contributed by atoms with Gasteiger partial charge in [0.25, 0.3) is 0 Å². The number of sulfonamides is 1. The van der Waals surface area contributed by atoms with Gasteiger partial charge in [0.2, 0.25) is 0 Å². The number of alkyl halides is 6. The molecule has 3 fully saturated rings. The highest BCUT2D eigenvalue weighted by Crippen LogP contribution is 2.59. The van der Waals surface area contributed by atoms with Crippen molar-refractivity contribution in [1.29, 1.82) is 0 Å². The van der Waals surface area contributed by atoms with E-state index in [2.05, 4.69) is 8.92 Å². The Labute approximate surface area is 164 Å². The highest BCUT2D eigenvalue weighted by molar-refractivity contribution is 8.03. The minimum Gasteiger partial charge on any atom is -0.459 e. The van der Waals surface area contributed by atoms with Crippen LogP contribution in [0.1, 0.15) is 6.42 Å². The fourth-order valence-electron chi connectivity index (χ4n) is 4.04. The van der Waals surface area contributed by atoms with E-state index in [-0.39, 0.29) is 6.42 Å². The highest BCUT2D eigenvalue weighted by Gasteiger charge is 2.70. The van der Waals surface area contributed by atoms with Gasteiger partial charge in [0, 0.05) is 11.8 Å². The van der Waals surface area contributed by atoms with Crippen LogP contribution in [0.15, 0.2) is 0 Å². The van der Waals surface area contributed by atoms with E-state index in [1.165, 1.54) is 0 Å². The first-order chi connectivity index (χ1) is 13.4. The summed E-state index contributed by atoms with van der Waals surface area (Å²) >= 11 is 0. The molecule has 0 aromatic rings. The molecule has 1 heterocycles. The molecular weight excluding hydrogens is 480 g/mol. The maximum absolute atomic E-state index is 12.4. The zero-order valence-electron chi connectivity index (χ0n) is 14.1. The smallest absolute Gasteiger partial charge is 0.459 e. The van der Waals surface area contributed by atoms with E-state index in [9.17, 15) is 52.8 Å². The van der Waals surface area contributed by atoms with Crippen LogP contribution in [0.5, 0.6) is 0 Å². The summed E-state index contributed by atoms with van der Waals surface area (Å²) in [6, 6.07) is 0. The van der Waals surface area contributed by atoms with Crippen molar-refractivity contribution in [1.82, 2.24) is 4.13 Å². The maximum atomic E-state index is 12.4. The van der Waals surface area contributed by atoms with E-state index in [1.54, 1.807) is 0 Å². The van der Waals surface area contributed by atoms with Gasteiger partial charge in [-0.3, -0.25) is 9.59 Å². The highest BCUT2D eigenvalue weighted by atomic mass is 32.3. The number of carbonyl (C=O) groups excluding carboxylic acids is 2. The predicted molar refractivity (Wildman–Crippen MR) is 77.4 cm³/mol. The molecule has 6 atom stereocenters. The molecule has 1 aliphatic heterocycles. The summed E-state index contributed by atoms with van der Waals surface area (Å²) in [5, 5.41) is 0. The number of hydrogen-bond acceptors (Lipinski definition) is 9. The number of halogens is 6. The minimum atomic E-state index is -6.38. The number of esters is 2. The van der Waals surface area contributed by atoms with Gasteiger partial charge in [-0.05, 0) is 6.42 Å². The van der Waals surface area contributed by atoms with Gasteiger partial charge < -0.3 is 9.47 Å². The molecule has 0 spiro atoms. The van der Waals surface area contributed by atoms with Gasteiger partial charge in [-0.15, -0.1) is 0 Å². The lowest BCUT2D eigenvalue weighted by Gasteiger charge is -2.29. The van der Waals surface area contributed by atoms with Crippen molar-refractivity contribution in [3.8, 4) is 0 Å². The van der Waals surface area contributed by atoms with Crippen molar-refractivity contribution in [2.75, 3.05) is 6.61 Å². The summed E-state index contributed by atoms with van der Waals surface area (Å²) in [5.41, 5.74) is -5.99. The molecule has 2 saturated carbocycles. The number of ether oxygens (including phenoxy) is 2. The quantitative estimate of drug-likeness (QED) is 0.400. The molecule has 1 saturated heterocycles. The molecule has 2 aliphatic carbocycles. The van der Waals surface area contributed by atoms with E-state index in [0.717, 1.165) is 0 Å². The van der Waals surface area contributed by atoms with E-state index in [4.69, 9.17) is 4.74 Å². The Morgan fingerprint density at radius 1 is 1.10 bits per heavy atom. The Kier molecular flexibility index (Phi) is 5.31.